The Hall–Kier alpha value is -2.73. The fraction of sp³-hybridized carbons (Fsp3) is 0.318. The van der Waals surface area contributed by atoms with Crippen LogP contribution in [0.2, 0.25) is 0 Å². The molecule has 0 atom stereocenters. The van der Waals surface area contributed by atoms with Crippen LogP contribution in [-0.4, -0.2) is 23.1 Å². The SMILES string of the molecule is CCOC(=O)CCn1c(=NC(=O)CCc2ccccc2)sc2cc(C)ccc21. The number of carbonyl (C=O) groups is 2. The molecule has 146 valence electrons. The summed E-state index contributed by atoms with van der Waals surface area (Å²) in [7, 11) is 0. The molecule has 0 aliphatic heterocycles. The monoisotopic (exact) mass is 396 g/mol. The van der Waals surface area contributed by atoms with Crippen molar-refractivity contribution in [3.8, 4) is 0 Å². The van der Waals surface area contributed by atoms with Crippen molar-refractivity contribution in [2.24, 2.45) is 4.99 Å². The zero-order valence-electron chi connectivity index (χ0n) is 16.2. The minimum Gasteiger partial charge on any atom is -0.466 e. The van der Waals surface area contributed by atoms with Gasteiger partial charge in [-0.1, -0.05) is 47.7 Å². The van der Waals surface area contributed by atoms with Gasteiger partial charge in [-0.15, -0.1) is 0 Å². The number of amides is 1. The first-order valence-electron chi connectivity index (χ1n) is 9.44. The summed E-state index contributed by atoms with van der Waals surface area (Å²) in [5.41, 5.74) is 3.25. The molecule has 0 unspecified atom stereocenters. The Bertz CT molecular complexity index is 1030. The molecule has 1 amide bonds. The zero-order chi connectivity index (χ0) is 19.9. The van der Waals surface area contributed by atoms with Gasteiger partial charge in [-0.05, 0) is 43.5 Å². The molecule has 0 saturated heterocycles. The van der Waals surface area contributed by atoms with Crippen LogP contribution in [0.3, 0.4) is 0 Å². The van der Waals surface area contributed by atoms with Crippen molar-refractivity contribution >= 4 is 33.4 Å². The number of ether oxygens (including phenoxy) is 1. The second kappa shape index (κ2) is 9.46. The lowest BCUT2D eigenvalue weighted by Gasteiger charge is -2.05. The third kappa shape index (κ3) is 5.16. The summed E-state index contributed by atoms with van der Waals surface area (Å²) < 4.78 is 8.03. The standard InChI is InChI=1S/C22H24N2O3S/c1-3-27-21(26)13-14-24-18-11-9-16(2)15-19(18)28-22(24)23-20(25)12-10-17-7-5-4-6-8-17/h4-9,11,15H,3,10,12-14H2,1-2H3. The Morgan fingerprint density at radius 1 is 1.11 bits per heavy atom. The number of hydrogen-bond donors (Lipinski definition) is 0. The van der Waals surface area contributed by atoms with Gasteiger partial charge in [0.15, 0.2) is 4.80 Å². The molecule has 0 spiro atoms. The molecule has 0 radical (unpaired) electrons. The molecule has 0 bridgehead atoms. The summed E-state index contributed by atoms with van der Waals surface area (Å²) in [4.78, 5) is 29.2. The summed E-state index contributed by atoms with van der Waals surface area (Å²) in [6.45, 7) is 4.62. The molecule has 5 nitrogen and oxygen atoms in total. The molecule has 3 rings (SSSR count). The van der Waals surface area contributed by atoms with Crippen LogP contribution in [0.4, 0.5) is 0 Å². The third-order valence-electron chi connectivity index (χ3n) is 4.37. The summed E-state index contributed by atoms with van der Waals surface area (Å²) in [5.74, 6) is -0.403. The van der Waals surface area contributed by atoms with Gasteiger partial charge in [0.25, 0.3) is 0 Å². The summed E-state index contributed by atoms with van der Waals surface area (Å²) in [6.07, 6.45) is 1.27. The number of benzene rings is 2. The van der Waals surface area contributed by atoms with Gasteiger partial charge in [0, 0.05) is 13.0 Å². The van der Waals surface area contributed by atoms with Crippen LogP contribution >= 0.6 is 11.3 Å². The van der Waals surface area contributed by atoms with E-state index in [1.165, 1.54) is 11.3 Å². The van der Waals surface area contributed by atoms with Crippen molar-refractivity contribution in [2.75, 3.05) is 6.61 Å². The van der Waals surface area contributed by atoms with Gasteiger partial charge >= 0.3 is 5.97 Å². The number of carbonyl (C=O) groups excluding carboxylic acids is 2. The van der Waals surface area contributed by atoms with Gasteiger partial charge in [-0.3, -0.25) is 9.59 Å². The number of hydrogen-bond acceptors (Lipinski definition) is 4. The highest BCUT2D eigenvalue weighted by molar-refractivity contribution is 7.16. The first kappa shape index (κ1) is 20.0. The number of nitrogens with zero attached hydrogens (tertiary/aromatic N) is 2. The van der Waals surface area contributed by atoms with E-state index in [-0.39, 0.29) is 18.3 Å². The van der Waals surface area contributed by atoms with Gasteiger partial charge in [0.2, 0.25) is 5.91 Å². The fourth-order valence-corrected chi connectivity index (χ4v) is 4.15. The van der Waals surface area contributed by atoms with Crippen LogP contribution in [0.25, 0.3) is 10.2 Å². The first-order chi connectivity index (χ1) is 13.6. The number of thiazole rings is 1. The molecule has 1 heterocycles. The lowest BCUT2D eigenvalue weighted by molar-refractivity contribution is -0.143. The number of rotatable bonds is 7. The van der Waals surface area contributed by atoms with Gasteiger partial charge in [0.05, 0.1) is 23.2 Å². The average Bonchev–Trinajstić information content (AvgIpc) is 3.01. The molecule has 0 saturated carbocycles. The Kier molecular flexibility index (Phi) is 6.76. The van der Waals surface area contributed by atoms with Gasteiger partial charge in [-0.25, -0.2) is 0 Å². The molecule has 28 heavy (non-hydrogen) atoms. The molecule has 3 aromatic rings. The van der Waals surface area contributed by atoms with Crippen LogP contribution in [0.5, 0.6) is 0 Å². The highest BCUT2D eigenvalue weighted by atomic mass is 32.1. The summed E-state index contributed by atoms with van der Waals surface area (Å²) in [6, 6.07) is 16.0. The van der Waals surface area contributed by atoms with Gasteiger partial charge in [-0.2, -0.15) is 4.99 Å². The van der Waals surface area contributed by atoms with E-state index >= 15 is 0 Å². The largest absolute Gasteiger partial charge is 0.466 e. The topological polar surface area (TPSA) is 60.7 Å². The predicted octanol–water partition coefficient (Wildman–Crippen LogP) is 4.02. The second-order valence-corrected chi connectivity index (χ2v) is 7.56. The Labute approximate surface area is 168 Å². The van der Waals surface area contributed by atoms with Crippen molar-refractivity contribution < 1.29 is 14.3 Å². The predicted molar refractivity (Wildman–Crippen MR) is 111 cm³/mol. The van der Waals surface area contributed by atoms with E-state index in [9.17, 15) is 9.59 Å². The Morgan fingerprint density at radius 3 is 2.64 bits per heavy atom. The van der Waals surface area contributed by atoms with Crippen molar-refractivity contribution in [3.05, 3.63) is 64.5 Å². The van der Waals surface area contributed by atoms with Crippen LogP contribution < -0.4 is 4.80 Å². The molecule has 0 aliphatic carbocycles. The van der Waals surface area contributed by atoms with Crippen LogP contribution in [0, 0.1) is 6.92 Å². The Balaban J connectivity index is 1.85. The molecular weight excluding hydrogens is 372 g/mol. The molecule has 0 N–H and O–H groups in total. The van der Waals surface area contributed by atoms with E-state index in [4.69, 9.17) is 4.74 Å². The van der Waals surface area contributed by atoms with E-state index in [0.717, 1.165) is 21.3 Å². The maximum absolute atomic E-state index is 12.5. The summed E-state index contributed by atoms with van der Waals surface area (Å²) in [5, 5.41) is 0. The van der Waals surface area contributed by atoms with Gasteiger partial charge in [0.1, 0.15) is 0 Å². The summed E-state index contributed by atoms with van der Waals surface area (Å²) >= 11 is 1.48. The second-order valence-electron chi connectivity index (χ2n) is 6.55. The van der Waals surface area contributed by atoms with E-state index in [0.29, 0.717) is 30.8 Å². The molecule has 1 aromatic heterocycles. The Morgan fingerprint density at radius 2 is 1.89 bits per heavy atom. The maximum atomic E-state index is 12.5. The highest BCUT2D eigenvalue weighted by Crippen LogP contribution is 2.19. The molecule has 6 heteroatoms. The normalized spacial score (nSPS) is 11.7. The van der Waals surface area contributed by atoms with E-state index < -0.39 is 0 Å². The first-order valence-corrected chi connectivity index (χ1v) is 10.3. The van der Waals surface area contributed by atoms with Crippen molar-refractivity contribution in [3.63, 3.8) is 0 Å². The van der Waals surface area contributed by atoms with E-state index in [1.54, 1.807) is 6.92 Å². The van der Waals surface area contributed by atoms with Gasteiger partial charge < -0.3 is 9.30 Å². The zero-order valence-corrected chi connectivity index (χ0v) is 17.0. The van der Waals surface area contributed by atoms with E-state index in [1.807, 2.05) is 54.0 Å². The van der Waals surface area contributed by atoms with Crippen LogP contribution in [-0.2, 0) is 27.3 Å². The number of esters is 1. The highest BCUT2D eigenvalue weighted by Gasteiger charge is 2.11. The van der Waals surface area contributed by atoms with E-state index in [2.05, 4.69) is 11.1 Å². The minimum atomic E-state index is -0.247. The lowest BCUT2D eigenvalue weighted by Crippen LogP contribution is -2.19. The molecule has 2 aromatic carbocycles. The van der Waals surface area contributed by atoms with Crippen LogP contribution in [0.1, 0.15) is 30.9 Å². The third-order valence-corrected chi connectivity index (χ3v) is 5.41. The van der Waals surface area contributed by atoms with Crippen LogP contribution in [0.15, 0.2) is 53.5 Å². The van der Waals surface area contributed by atoms with Crippen molar-refractivity contribution in [1.29, 1.82) is 0 Å². The average molecular weight is 397 g/mol. The minimum absolute atomic E-state index is 0.156. The fourth-order valence-electron chi connectivity index (χ4n) is 2.98. The molecule has 0 fully saturated rings. The maximum Gasteiger partial charge on any atom is 0.307 e. The number of fused-ring (bicyclic) bond motifs is 1. The van der Waals surface area contributed by atoms with Crippen molar-refractivity contribution in [2.45, 2.75) is 39.7 Å². The number of aromatic nitrogens is 1. The van der Waals surface area contributed by atoms with Crippen molar-refractivity contribution in [1.82, 2.24) is 4.57 Å². The smallest absolute Gasteiger partial charge is 0.307 e. The lowest BCUT2D eigenvalue weighted by atomic mass is 10.1. The number of aryl methyl sites for hydroxylation is 3. The molecular formula is C22H24N2O3S. The quantitative estimate of drug-likeness (QED) is 0.567. The molecule has 0 aliphatic rings.